The van der Waals surface area contributed by atoms with E-state index >= 15 is 0 Å². The van der Waals surface area contributed by atoms with E-state index in [9.17, 15) is 4.57 Å². The van der Waals surface area contributed by atoms with Gasteiger partial charge in [0.1, 0.15) is 5.01 Å². The highest BCUT2D eigenvalue weighted by atomic mass is 32.1. The van der Waals surface area contributed by atoms with Crippen LogP contribution in [0.15, 0.2) is 36.4 Å². The molecule has 1 unspecified atom stereocenters. The van der Waals surface area contributed by atoms with Crippen LogP contribution in [0.1, 0.15) is 19.4 Å². The molecule has 0 aliphatic heterocycles. The molecule has 0 aliphatic rings. The van der Waals surface area contributed by atoms with Gasteiger partial charge in [0.25, 0.3) is 0 Å². The zero-order chi connectivity index (χ0) is 16.9. The summed E-state index contributed by atoms with van der Waals surface area (Å²) in [5.74, 6) is 1.37. The third kappa shape index (κ3) is 3.28. The van der Waals surface area contributed by atoms with Crippen molar-refractivity contribution in [3.63, 3.8) is 0 Å². The van der Waals surface area contributed by atoms with Crippen LogP contribution in [-0.4, -0.2) is 18.2 Å². The minimum absolute atomic E-state index is 0.409. The predicted octanol–water partition coefficient (Wildman–Crippen LogP) is 5.28. The zero-order valence-electron chi connectivity index (χ0n) is 13.7. The lowest BCUT2D eigenvalue weighted by Crippen LogP contribution is -2.02. The Balaban J connectivity index is 2.18. The fourth-order valence-corrected chi connectivity index (χ4v) is 3.99. The summed E-state index contributed by atoms with van der Waals surface area (Å²) in [6, 6.07) is 12.0. The Morgan fingerprint density at radius 2 is 1.79 bits per heavy atom. The molecule has 6 heteroatoms. The van der Waals surface area contributed by atoms with Crippen LogP contribution in [0, 0.1) is 0 Å². The van der Waals surface area contributed by atoms with Gasteiger partial charge in [-0.15, -0.1) is 11.3 Å². The fraction of sp³-hybridized carbons (Fsp3) is 0.278. The van der Waals surface area contributed by atoms with E-state index < -0.39 is 8.46 Å². The van der Waals surface area contributed by atoms with Gasteiger partial charge in [0.05, 0.1) is 29.0 Å². The molecule has 0 radical (unpaired) electrons. The van der Waals surface area contributed by atoms with Gasteiger partial charge in [-0.1, -0.05) is 22.8 Å². The Kier molecular flexibility index (Phi) is 5.44. The van der Waals surface area contributed by atoms with E-state index in [2.05, 4.69) is 6.07 Å². The van der Waals surface area contributed by atoms with Crippen molar-refractivity contribution in [1.29, 1.82) is 0 Å². The predicted molar refractivity (Wildman–Crippen MR) is 100 cm³/mol. The Morgan fingerprint density at radius 1 is 1.04 bits per heavy atom. The van der Waals surface area contributed by atoms with Crippen molar-refractivity contribution in [2.75, 3.05) is 13.2 Å². The van der Waals surface area contributed by atoms with Crippen LogP contribution in [0.3, 0.4) is 0 Å². The van der Waals surface area contributed by atoms with Gasteiger partial charge in [0, 0.05) is 5.56 Å². The van der Waals surface area contributed by atoms with E-state index in [1.807, 2.05) is 44.2 Å². The molecule has 0 spiro atoms. The van der Waals surface area contributed by atoms with Gasteiger partial charge in [-0.2, -0.15) is 0 Å². The standard InChI is InChI=1S/C18H18NO3PS/c1-3-21-16-12(11-23-20)9-10-13(17(16)22-4-2)18-19-14-7-5-6-8-15(14)24-18/h5-10H,3-4,11H2,1-2H3/p+1. The second kappa shape index (κ2) is 7.73. The number of fused-ring (bicyclic) bond motifs is 1. The molecule has 3 rings (SSSR count). The number of hydrogen-bond donors (Lipinski definition) is 0. The van der Waals surface area contributed by atoms with E-state index in [1.54, 1.807) is 11.3 Å². The second-order valence-electron chi connectivity index (χ2n) is 5.10. The van der Waals surface area contributed by atoms with E-state index in [0.717, 1.165) is 26.4 Å². The molecule has 0 aliphatic carbocycles. The molecule has 0 amide bonds. The van der Waals surface area contributed by atoms with Gasteiger partial charge in [0.2, 0.25) is 0 Å². The molecule has 0 N–H and O–H groups in total. The molecule has 124 valence electrons. The van der Waals surface area contributed by atoms with Gasteiger partial charge in [-0.3, -0.25) is 0 Å². The number of hydrogen-bond acceptors (Lipinski definition) is 5. The van der Waals surface area contributed by atoms with Crippen LogP contribution in [0.4, 0.5) is 0 Å². The molecular formula is C18H19NO3PS+. The molecule has 1 heterocycles. The lowest BCUT2D eigenvalue weighted by atomic mass is 10.1. The van der Waals surface area contributed by atoms with Crippen LogP contribution in [-0.2, 0) is 10.7 Å². The Hall–Kier alpha value is -1.97. The summed E-state index contributed by atoms with van der Waals surface area (Å²) in [5, 5.41) is 0.900. The number of ether oxygens (including phenoxy) is 2. The summed E-state index contributed by atoms with van der Waals surface area (Å²) >= 11 is 1.63. The summed E-state index contributed by atoms with van der Waals surface area (Å²) in [5.41, 5.74) is 2.79. The van der Waals surface area contributed by atoms with Gasteiger partial charge in [-0.25, -0.2) is 4.98 Å². The van der Waals surface area contributed by atoms with Crippen molar-refractivity contribution in [3.05, 3.63) is 42.0 Å². The average Bonchev–Trinajstić information content (AvgIpc) is 3.02. The molecule has 24 heavy (non-hydrogen) atoms. The Bertz CT molecular complexity index is 830. The molecule has 0 saturated carbocycles. The first-order valence-electron chi connectivity index (χ1n) is 7.90. The quantitative estimate of drug-likeness (QED) is 0.538. The Morgan fingerprint density at radius 3 is 2.50 bits per heavy atom. The highest BCUT2D eigenvalue weighted by molar-refractivity contribution is 7.22. The molecule has 2 aromatic carbocycles. The highest BCUT2D eigenvalue weighted by Gasteiger charge is 2.21. The largest absolute Gasteiger partial charge is 0.490 e. The van der Waals surface area contributed by atoms with Crippen LogP contribution in [0.5, 0.6) is 11.5 Å². The first-order chi connectivity index (χ1) is 11.8. The van der Waals surface area contributed by atoms with Crippen molar-refractivity contribution in [3.8, 4) is 22.1 Å². The third-order valence-electron chi connectivity index (χ3n) is 3.56. The topological polar surface area (TPSA) is 48.4 Å². The maximum Gasteiger partial charge on any atom is 0.329 e. The normalized spacial score (nSPS) is 11.1. The van der Waals surface area contributed by atoms with Gasteiger partial charge < -0.3 is 9.47 Å². The van der Waals surface area contributed by atoms with E-state index in [4.69, 9.17) is 14.5 Å². The second-order valence-corrected chi connectivity index (χ2v) is 6.78. The lowest BCUT2D eigenvalue weighted by molar-refractivity contribution is 0.287. The maximum absolute atomic E-state index is 11.1. The molecule has 0 bridgehead atoms. The van der Waals surface area contributed by atoms with Crippen molar-refractivity contribution < 1.29 is 14.0 Å². The third-order valence-corrected chi connectivity index (χ3v) is 5.15. The van der Waals surface area contributed by atoms with Crippen molar-refractivity contribution >= 4 is 30.0 Å². The smallest absolute Gasteiger partial charge is 0.329 e. The first-order valence-corrected chi connectivity index (χ1v) is 9.84. The van der Waals surface area contributed by atoms with Crippen molar-refractivity contribution in [2.24, 2.45) is 0 Å². The number of aromatic nitrogens is 1. The van der Waals surface area contributed by atoms with E-state index in [0.29, 0.717) is 30.9 Å². The summed E-state index contributed by atoms with van der Waals surface area (Å²) in [6.07, 6.45) is 0.454. The number of benzene rings is 2. The summed E-state index contributed by atoms with van der Waals surface area (Å²) in [7, 11) is -0.409. The Labute approximate surface area is 146 Å². The summed E-state index contributed by atoms with van der Waals surface area (Å²) in [4.78, 5) is 4.73. The van der Waals surface area contributed by atoms with Crippen LogP contribution >= 0.6 is 19.8 Å². The highest BCUT2D eigenvalue weighted by Crippen LogP contribution is 2.44. The van der Waals surface area contributed by atoms with Crippen LogP contribution < -0.4 is 9.47 Å². The summed E-state index contributed by atoms with van der Waals surface area (Å²) in [6.45, 7) is 4.93. The molecule has 0 fully saturated rings. The summed E-state index contributed by atoms with van der Waals surface area (Å²) < 4.78 is 24.0. The number of para-hydroxylation sites is 1. The molecular weight excluding hydrogens is 341 g/mol. The molecule has 1 atom stereocenters. The van der Waals surface area contributed by atoms with Crippen molar-refractivity contribution in [1.82, 2.24) is 4.98 Å². The lowest BCUT2D eigenvalue weighted by Gasteiger charge is -2.16. The molecule has 4 nitrogen and oxygen atoms in total. The van der Waals surface area contributed by atoms with Crippen LogP contribution in [0.25, 0.3) is 20.8 Å². The van der Waals surface area contributed by atoms with Gasteiger partial charge in [-0.05, 0) is 32.0 Å². The number of rotatable bonds is 7. The van der Waals surface area contributed by atoms with Crippen LogP contribution in [0.2, 0.25) is 0 Å². The molecule has 3 aromatic rings. The number of nitrogens with zero attached hydrogens (tertiary/aromatic N) is 1. The molecule has 0 saturated heterocycles. The van der Waals surface area contributed by atoms with E-state index in [1.165, 1.54) is 0 Å². The first kappa shape index (κ1) is 16.9. The SMILES string of the molecule is CCOc1c(C[PH+]=O)ccc(-c2nc3ccccc3s2)c1OCC. The van der Waals surface area contributed by atoms with E-state index in [-0.39, 0.29) is 0 Å². The zero-order valence-corrected chi connectivity index (χ0v) is 15.5. The molecule has 1 aromatic heterocycles. The number of thiazole rings is 1. The monoisotopic (exact) mass is 360 g/mol. The minimum atomic E-state index is -0.409. The maximum atomic E-state index is 11.1. The average molecular weight is 360 g/mol. The fourth-order valence-electron chi connectivity index (χ4n) is 2.57. The minimum Gasteiger partial charge on any atom is -0.490 e. The van der Waals surface area contributed by atoms with Gasteiger partial charge in [0.15, 0.2) is 17.7 Å². The van der Waals surface area contributed by atoms with Crippen molar-refractivity contribution in [2.45, 2.75) is 20.0 Å². The van der Waals surface area contributed by atoms with Gasteiger partial charge >= 0.3 is 8.46 Å².